The maximum absolute atomic E-state index is 2.54. The summed E-state index contributed by atoms with van der Waals surface area (Å²) in [5, 5.41) is 0. The standard InChI is InChI=1S/C16H16N/c1-3-7-14-13(6-1)11-17-15-8-4-2-5-12(15)9-10-16(14)17/h2-3,5,7,9-10H,1,4,6,8,11H2/q+1. The molecule has 0 spiro atoms. The highest BCUT2D eigenvalue weighted by Gasteiger charge is 2.32. The predicted octanol–water partition coefficient (Wildman–Crippen LogP) is 3.05. The molecule has 1 aliphatic heterocycles. The second-order valence-electron chi connectivity index (χ2n) is 5.11. The zero-order chi connectivity index (χ0) is 11.2. The van der Waals surface area contributed by atoms with E-state index in [1.165, 1.54) is 48.2 Å². The van der Waals surface area contributed by atoms with Crippen LogP contribution >= 0.6 is 0 Å². The van der Waals surface area contributed by atoms with Crippen LogP contribution in [0.25, 0.3) is 11.6 Å². The van der Waals surface area contributed by atoms with Gasteiger partial charge in [-0.3, -0.25) is 0 Å². The molecule has 17 heavy (non-hydrogen) atoms. The van der Waals surface area contributed by atoms with Crippen LogP contribution in [0.2, 0.25) is 0 Å². The molecule has 4 rings (SSSR count). The van der Waals surface area contributed by atoms with Crippen LogP contribution in [-0.4, -0.2) is 0 Å². The van der Waals surface area contributed by atoms with Gasteiger partial charge in [0.15, 0.2) is 12.2 Å². The Kier molecular flexibility index (Phi) is 1.90. The molecule has 2 heterocycles. The molecule has 0 aromatic carbocycles. The molecule has 0 radical (unpaired) electrons. The van der Waals surface area contributed by atoms with Crippen LogP contribution in [-0.2, 0) is 13.0 Å². The normalized spacial score (nSPS) is 20.2. The smallest absolute Gasteiger partial charge is 0.191 e. The first-order valence-corrected chi connectivity index (χ1v) is 6.55. The summed E-state index contributed by atoms with van der Waals surface area (Å²) in [4.78, 5) is 0. The molecule has 1 aromatic rings. The maximum Gasteiger partial charge on any atom is 0.213 e. The highest BCUT2D eigenvalue weighted by atomic mass is 15.0. The number of nitrogens with zero attached hydrogens (tertiary/aromatic N) is 1. The fourth-order valence-electron chi connectivity index (χ4n) is 3.27. The third-order valence-electron chi connectivity index (χ3n) is 4.12. The lowest BCUT2D eigenvalue weighted by atomic mass is 9.97. The van der Waals surface area contributed by atoms with Crippen molar-refractivity contribution < 1.29 is 4.57 Å². The van der Waals surface area contributed by atoms with Crippen molar-refractivity contribution in [1.82, 2.24) is 0 Å². The maximum atomic E-state index is 2.54. The van der Waals surface area contributed by atoms with Gasteiger partial charge in [0.1, 0.15) is 0 Å². The second kappa shape index (κ2) is 3.43. The third-order valence-corrected chi connectivity index (χ3v) is 4.12. The minimum atomic E-state index is 1.13. The lowest BCUT2D eigenvalue weighted by Gasteiger charge is -2.09. The first-order chi connectivity index (χ1) is 8.43. The Labute approximate surface area is 102 Å². The Bertz CT molecular complexity index is 588. The zero-order valence-corrected chi connectivity index (χ0v) is 9.95. The van der Waals surface area contributed by atoms with Gasteiger partial charge in [0.05, 0.1) is 5.57 Å². The molecule has 0 saturated carbocycles. The highest BCUT2D eigenvalue weighted by molar-refractivity contribution is 5.76. The highest BCUT2D eigenvalue weighted by Crippen LogP contribution is 2.32. The molecule has 0 unspecified atom stereocenters. The molecule has 84 valence electrons. The van der Waals surface area contributed by atoms with Crippen LogP contribution in [0.3, 0.4) is 0 Å². The van der Waals surface area contributed by atoms with Gasteiger partial charge in [0.25, 0.3) is 0 Å². The summed E-state index contributed by atoms with van der Waals surface area (Å²) in [6.07, 6.45) is 14.1. The molecule has 2 aliphatic carbocycles. The number of aromatic nitrogens is 1. The molecule has 0 fully saturated rings. The van der Waals surface area contributed by atoms with Gasteiger partial charge in [0, 0.05) is 23.6 Å². The molecule has 0 atom stereocenters. The minimum Gasteiger partial charge on any atom is -0.191 e. The summed E-state index contributed by atoms with van der Waals surface area (Å²) in [6, 6.07) is 4.59. The molecular weight excluding hydrogens is 206 g/mol. The molecule has 3 aliphatic rings. The lowest BCUT2D eigenvalue weighted by molar-refractivity contribution is -0.694. The van der Waals surface area contributed by atoms with Crippen molar-refractivity contribution in [3.05, 3.63) is 52.9 Å². The van der Waals surface area contributed by atoms with Gasteiger partial charge in [-0.25, -0.2) is 0 Å². The number of rotatable bonds is 0. The van der Waals surface area contributed by atoms with E-state index in [0.29, 0.717) is 0 Å². The fraction of sp³-hybridized carbons (Fsp3) is 0.312. The second-order valence-corrected chi connectivity index (χ2v) is 5.11. The van der Waals surface area contributed by atoms with Crippen LogP contribution in [0.1, 0.15) is 36.2 Å². The molecule has 0 saturated heterocycles. The van der Waals surface area contributed by atoms with Crippen LogP contribution in [0, 0.1) is 0 Å². The van der Waals surface area contributed by atoms with Gasteiger partial charge < -0.3 is 0 Å². The predicted molar refractivity (Wildman–Crippen MR) is 69.3 cm³/mol. The van der Waals surface area contributed by atoms with E-state index in [-0.39, 0.29) is 0 Å². The molecule has 0 bridgehead atoms. The van der Waals surface area contributed by atoms with Crippen LogP contribution in [0.4, 0.5) is 0 Å². The average Bonchev–Trinajstić information content (AvgIpc) is 2.78. The summed E-state index contributed by atoms with van der Waals surface area (Å²) < 4.78 is 2.54. The van der Waals surface area contributed by atoms with Crippen molar-refractivity contribution in [1.29, 1.82) is 0 Å². The summed E-state index contributed by atoms with van der Waals surface area (Å²) >= 11 is 0. The SMILES string of the molecule is C1=CC2=C(CC1)C[n+]1c2ccc2c1CCC=C2. The Morgan fingerprint density at radius 2 is 1.82 bits per heavy atom. The lowest BCUT2D eigenvalue weighted by Crippen LogP contribution is -2.40. The van der Waals surface area contributed by atoms with Gasteiger partial charge in [-0.2, -0.15) is 4.57 Å². The Morgan fingerprint density at radius 3 is 2.82 bits per heavy atom. The summed E-state index contributed by atoms with van der Waals surface area (Å²) in [7, 11) is 0. The number of hydrogen-bond donors (Lipinski definition) is 0. The number of allylic oxidation sites excluding steroid dienone is 5. The molecule has 0 amide bonds. The van der Waals surface area contributed by atoms with Crippen molar-refractivity contribution in [3.63, 3.8) is 0 Å². The number of pyridine rings is 1. The van der Waals surface area contributed by atoms with Crippen molar-refractivity contribution in [2.45, 2.75) is 32.2 Å². The number of fused-ring (bicyclic) bond motifs is 4. The van der Waals surface area contributed by atoms with Crippen LogP contribution < -0.4 is 4.57 Å². The third kappa shape index (κ3) is 1.28. The monoisotopic (exact) mass is 222 g/mol. The summed E-state index contributed by atoms with van der Waals surface area (Å²) in [5.41, 5.74) is 7.52. The van der Waals surface area contributed by atoms with Crippen molar-refractivity contribution in [3.8, 4) is 0 Å². The van der Waals surface area contributed by atoms with E-state index >= 15 is 0 Å². The van der Waals surface area contributed by atoms with E-state index in [2.05, 4.69) is 41.0 Å². The van der Waals surface area contributed by atoms with Gasteiger partial charge in [-0.05, 0) is 25.3 Å². The Hall–Kier alpha value is -1.63. The van der Waals surface area contributed by atoms with E-state index in [4.69, 9.17) is 0 Å². The van der Waals surface area contributed by atoms with Gasteiger partial charge in [0.2, 0.25) is 5.69 Å². The van der Waals surface area contributed by atoms with E-state index in [9.17, 15) is 0 Å². The first kappa shape index (κ1) is 9.41. The zero-order valence-electron chi connectivity index (χ0n) is 9.95. The molecule has 1 heteroatoms. The minimum absolute atomic E-state index is 1.13. The van der Waals surface area contributed by atoms with Gasteiger partial charge in [-0.1, -0.05) is 24.3 Å². The average molecular weight is 222 g/mol. The van der Waals surface area contributed by atoms with Crippen molar-refractivity contribution >= 4 is 11.6 Å². The van der Waals surface area contributed by atoms with Crippen LogP contribution in [0.15, 0.2) is 35.9 Å². The molecule has 1 aromatic heterocycles. The van der Waals surface area contributed by atoms with E-state index < -0.39 is 0 Å². The molecule has 0 N–H and O–H groups in total. The van der Waals surface area contributed by atoms with Gasteiger partial charge >= 0.3 is 0 Å². The Balaban J connectivity index is 1.92. The van der Waals surface area contributed by atoms with E-state index in [1.54, 1.807) is 5.57 Å². The number of hydrogen-bond acceptors (Lipinski definition) is 0. The molecule has 1 nitrogen and oxygen atoms in total. The van der Waals surface area contributed by atoms with Crippen LogP contribution in [0.5, 0.6) is 0 Å². The van der Waals surface area contributed by atoms with E-state index in [1.807, 2.05) is 0 Å². The van der Waals surface area contributed by atoms with Crippen molar-refractivity contribution in [2.24, 2.45) is 0 Å². The first-order valence-electron chi connectivity index (χ1n) is 6.55. The Morgan fingerprint density at radius 1 is 0.941 bits per heavy atom. The topological polar surface area (TPSA) is 3.88 Å². The quantitative estimate of drug-likeness (QED) is 0.594. The van der Waals surface area contributed by atoms with Crippen molar-refractivity contribution in [2.75, 3.05) is 0 Å². The fourth-order valence-corrected chi connectivity index (χ4v) is 3.27. The summed E-state index contributed by atoms with van der Waals surface area (Å²) in [5.74, 6) is 0. The largest absolute Gasteiger partial charge is 0.213 e. The van der Waals surface area contributed by atoms with E-state index in [0.717, 1.165) is 6.54 Å². The molecular formula is C16H16N+. The summed E-state index contributed by atoms with van der Waals surface area (Å²) in [6.45, 7) is 1.13. The van der Waals surface area contributed by atoms with Gasteiger partial charge in [-0.15, -0.1) is 0 Å².